The Morgan fingerprint density at radius 1 is 1.50 bits per heavy atom. The van der Waals surface area contributed by atoms with Crippen LogP contribution in [0.25, 0.3) is 0 Å². The van der Waals surface area contributed by atoms with Gasteiger partial charge in [0, 0.05) is 13.1 Å². The van der Waals surface area contributed by atoms with E-state index in [1.807, 2.05) is 17.2 Å². The Kier molecular flexibility index (Phi) is 3.34. The van der Waals surface area contributed by atoms with Crippen molar-refractivity contribution >= 4 is 28.8 Å². The molecule has 0 spiro atoms. The van der Waals surface area contributed by atoms with Crippen LogP contribution in [0.3, 0.4) is 0 Å². The van der Waals surface area contributed by atoms with Crippen molar-refractivity contribution in [3.8, 4) is 0 Å². The van der Waals surface area contributed by atoms with Crippen LogP contribution in [-0.4, -0.2) is 37.0 Å². The van der Waals surface area contributed by atoms with Crippen molar-refractivity contribution in [1.82, 2.24) is 10.2 Å². The molecule has 1 N–H and O–H groups in total. The highest BCUT2D eigenvalue weighted by Crippen LogP contribution is 2.31. The number of hydrogen-bond donors (Lipinski definition) is 1. The van der Waals surface area contributed by atoms with E-state index in [1.54, 1.807) is 0 Å². The fraction of sp³-hybridized carbons (Fsp3) is 0.615. The molecule has 1 aromatic heterocycles. The predicted octanol–water partition coefficient (Wildman–Crippen LogP) is 2.39. The molecule has 2 fully saturated rings. The zero-order valence-electron chi connectivity index (χ0n) is 10.4. The van der Waals surface area contributed by atoms with Gasteiger partial charge in [0.15, 0.2) is 0 Å². The number of amides is 1. The zero-order chi connectivity index (χ0) is 12.7. The zero-order valence-corrected chi connectivity index (χ0v) is 12.0. The second-order valence-electron chi connectivity index (χ2n) is 5.28. The number of piperidine rings is 1. The Hall–Kier alpha value is -0.580. The number of carbonyl (C=O) groups excluding carboxylic acids is 1. The molecule has 2 aliphatic heterocycles. The van der Waals surface area contributed by atoms with Gasteiger partial charge in [0.2, 0.25) is 0 Å². The lowest BCUT2D eigenvalue weighted by Crippen LogP contribution is -2.43. The maximum atomic E-state index is 12.5. The SMILES string of the molecule is Cc1csc(C(=O)N2CCC3CNCC3C2)c1Cl. The fourth-order valence-electron chi connectivity index (χ4n) is 2.94. The van der Waals surface area contributed by atoms with Gasteiger partial charge in [0.25, 0.3) is 5.91 Å². The first-order chi connectivity index (χ1) is 8.66. The Morgan fingerprint density at radius 3 is 3.00 bits per heavy atom. The second-order valence-corrected chi connectivity index (χ2v) is 6.54. The highest BCUT2D eigenvalue weighted by molar-refractivity contribution is 7.13. The van der Waals surface area contributed by atoms with Gasteiger partial charge in [-0.05, 0) is 49.2 Å². The average Bonchev–Trinajstić information content (AvgIpc) is 2.96. The van der Waals surface area contributed by atoms with Gasteiger partial charge in [-0.2, -0.15) is 0 Å². The maximum Gasteiger partial charge on any atom is 0.265 e. The van der Waals surface area contributed by atoms with Gasteiger partial charge in [0.05, 0.1) is 5.02 Å². The van der Waals surface area contributed by atoms with E-state index < -0.39 is 0 Å². The first-order valence-corrected chi connectivity index (χ1v) is 7.66. The summed E-state index contributed by atoms with van der Waals surface area (Å²) in [6, 6.07) is 0. The molecule has 2 aliphatic rings. The van der Waals surface area contributed by atoms with E-state index in [-0.39, 0.29) is 5.91 Å². The van der Waals surface area contributed by atoms with Crippen LogP contribution < -0.4 is 5.32 Å². The molecular weight excluding hydrogens is 268 g/mol. The van der Waals surface area contributed by atoms with Crippen molar-refractivity contribution in [3.05, 3.63) is 20.8 Å². The number of thiophene rings is 1. The third-order valence-electron chi connectivity index (χ3n) is 4.08. The summed E-state index contributed by atoms with van der Waals surface area (Å²) in [5, 5.41) is 6.01. The molecule has 3 heterocycles. The van der Waals surface area contributed by atoms with Gasteiger partial charge in [0.1, 0.15) is 4.88 Å². The van der Waals surface area contributed by atoms with Crippen LogP contribution in [0.15, 0.2) is 5.38 Å². The van der Waals surface area contributed by atoms with Crippen LogP contribution in [0.1, 0.15) is 21.7 Å². The minimum Gasteiger partial charge on any atom is -0.338 e. The van der Waals surface area contributed by atoms with Gasteiger partial charge in [-0.1, -0.05) is 11.6 Å². The molecule has 2 saturated heterocycles. The summed E-state index contributed by atoms with van der Waals surface area (Å²) in [4.78, 5) is 15.1. The summed E-state index contributed by atoms with van der Waals surface area (Å²) >= 11 is 7.65. The van der Waals surface area contributed by atoms with Crippen molar-refractivity contribution < 1.29 is 4.79 Å². The molecule has 1 aromatic rings. The topological polar surface area (TPSA) is 32.3 Å². The van der Waals surface area contributed by atoms with E-state index in [1.165, 1.54) is 11.3 Å². The highest BCUT2D eigenvalue weighted by Gasteiger charge is 2.35. The Morgan fingerprint density at radius 2 is 2.28 bits per heavy atom. The van der Waals surface area contributed by atoms with Crippen molar-refractivity contribution in [3.63, 3.8) is 0 Å². The quantitative estimate of drug-likeness (QED) is 0.859. The largest absolute Gasteiger partial charge is 0.338 e. The van der Waals surface area contributed by atoms with E-state index in [4.69, 9.17) is 11.6 Å². The van der Waals surface area contributed by atoms with Crippen LogP contribution in [0, 0.1) is 18.8 Å². The van der Waals surface area contributed by atoms with Crippen LogP contribution in [0.5, 0.6) is 0 Å². The molecule has 0 aromatic carbocycles. The number of rotatable bonds is 1. The normalized spacial score (nSPS) is 27.3. The molecule has 18 heavy (non-hydrogen) atoms. The minimum absolute atomic E-state index is 0.114. The molecule has 1 amide bonds. The Labute approximate surface area is 116 Å². The number of halogens is 1. The summed E-state index contributed by atoms with van der Waals surface area (Å²) in [6.07, 6.45) is 1.12. The number of nitrogens with one attached hydrogen (secondary N) is 1. The molecular formula is C13H17ClN2OS. The summed E-state index contributed by atoms with van der Waals surface area (Å²) in [6.45, 7) is 5.86. The molecule has 98 valence electrons. The van der Waals surface area contributed by atoms with Gasteiger partial charge >= 0.3 is 0 Å². The molecule has 0 radical (unpaired) electrons. The molecule has 3 rings (SSSR count). The number of carbonyl (C=O) groups is 1. The lowest BCUT2D eigenvalue weighted by Gasteiger charge is -2.34. The van der Waals surface area contributed by atoms with Crippen LogP contribution >= 0.6 is 22.9 Å². The number of fused-ring (bicyclic) bond motifs is 1. The number of nitrogens with zero attached hydrogens (tertiary/aromatic N) is 1. The molecule has 2 unspecified atom stereocenters. The van der Waals surface area contributed by atoms with Crippen LogP contribution in [0.4, 0.5) is 0 Å². The molecule has 0 bridgehead atoms. The fourth-order valence-corrected chi connectivity index (χ4v) is 4.18. The van der Waals surface area contributed by atoms with E-state index in [9.17, 15) is 4.79 Å². The van der Waals surface area contributed by atoms with Gasteiger partial charge in [-0.25, -0.2) is 0 Å². The van der Waals surface area contributed by atoms with Crippen molar-refractivity contribution in [2.45, 2.75) is 13.3 Å². The van der Waals surface area contributed by atoms with Gasteiger partial charge in [-0.3, -0.25) is 4.79 Å². The number of hydrogen-bond acceptors (Lipinski definition) is 3. The molecule has 5 heteroatoms. The monoisotopic (exact) mass is 284 g/mol. The predicted molar refractivity (Wildman–Crippen MR) is 74.4 cm³/mol. The summed E-state index contributed by atoms with van der Waals surface area (Å²) in [5.41, 5.74) is 1.00. The second kappa shape index (κ2) is 4.83. The van der Waals surface area contributed by atoms with Crippen molar-refractivity contribution in [2.24, 2.45) is 11.8 Å². The van der Waals surface area contributed by atoms with Gasteiger partial charge < -0.3 is 10.2 Å². The van der Waals surface area contributed by atoms with E-state index >= 15 is 0 Å². The summed E-state index contributed by atoms with van der Waals surface area (Å²) in [7, 11) is 0. The molecule has 2 atom stereocenters. The third kappa shape index (κ3) is 2.06. The number of likely N-dealkylation sites (tertiary alicyclic amines) is 1. The Bertz CT molecular complexity index is 474. The average molecular weight is 285 g/mol. The Balaban J connectivity index is 1.75. The minimum atomic E-state index is 0.114. The van der Waals surface area contributed by atoms with E-state index in [2.05, 4.69) is 5.32 Å². The smallest absolute Gasteiger partial charge is 0.265 e. The first-order valence-electron chi connectivity index (χ1n) is 6.40. The van der Waals surface area contributed by atoms with E-state index in [0.29, 0.717) is 15.8 Å². The lowest BCUT2D eigenvalue weighted by molar-refractivity contribution is 0.0647. The highest BCUT2D eigenvalue weighted by atomic mass is 35.5. The maximum absolute atomic E-state index is 12.5. The molecule has 3 nitrogen and oxygen atoms in total. The van der Waals surface area contributed by atoms with E-state index in [0.717, 1.165) is 44.1 Å². The summed E-state index contributed by atoms with van der Waals surface area (Å²) in [5.74, 6) is 1.50. The van der Waals surface area contributed by atoms with Crippen molar-refractivity contribution in [1.29, 1.82) is 0 Å². The first kappa shape index (κ1) is 12.5. The molecule has 0 aliphatic carbocycles. The van der Waals surface area contributed by atoms with Crippen LogP contribution in [-0.2, 0) is 0 Å². The van der Waals surface area contributed by atoms with Gasteiger partial charge in [-0.15, -0.1) is 11.3 Å². The van der Waals surface area contributed by atoms with Crippen molar-refractivity contribution in [2.75, 3.05) is 26.2 Å². The molecule has 0 saturated carbocycles. The standard InChI is InChI=1S/C13H17ClN2OS/c1-8-7-18-12(11(8)14)13(17)16-3-2-9-4-15-5-10(9)6-16/h7,9-10,15H,2-6H2,1H3. The lowest BCUT2D eigenvalue weighted by atomic mass is 9.88. The summed E-state index contributed by atoms with van der Waals surface area (Å²) < 4.78 is 0. The van der Waals surface area contributed by atoms with Crippen LogP contribution in [0.2, 0.25) is 5.02 Å². The third-order valence-corrected chi connectivity index (χ3v) is 5.77. The number of aryl methyl sites for hydroxylation is 1.